The fraction of sp³-hybridized carbons (Fsp3) is 0.632. The predicted octanol–water partition coefficient (Wildman–Crippen LogP) is 4.46. The summed E-state index contributed by atoms with van der Waals surface area (Å²) in [6, 6.07) is 5.60. The molecule has 0 saturated heterocycles. The SMILES string of the molecule is CC[C@H](NC(=O)OC(C)(C)C)c1cccc(OCC2CC2)c1OC. The van der Waals surface area contributed by atoms with Crippen molar-refractivity contribution in [2.75, 3.05) is 13.7 Å². The molecule has 2 rings (SSSR count). The summed E-state index contributed by atoms with van der Waals surface area (Å²) in [5, 5.41) is 2.92. The summed E-state index contributed by atoms with van der Waals surface area (Å²) in [6.45, 7) is 8.27. The van der Waals surface area contributed by atoms with Gasteiger partial charge < -0.3 is 19.5 Å². The van der Waals surface area contributed by atoms with E-state index in [0.29, 0.717) is 11.7 Å². The molecule has 5 heteroatoms. The number of nitrogens with one attached hydrogen (secondary N) is 1. The monoisotopic (exact) mass is 335 g/mol. The summed E-state index contributed by atoms with van der Waals surface area (Å²) in [5.41, 5.74) is 0.376. The van der Waals surface area contributed by atoms with E-state index in [4.69, 9.17) is 14.2 Å². The van der Waals surface area contributed by atoms with Gasteiger partial charge >= 0.3 is 6.09 Å². The van der Waals surface area contributed by atoms with Gasteiger partial charge in [-0.05, 0) is 52.0 Å². The van der Waals surface area contributed by atoms with E-state index in [1.807, 2.05) is 45.9 Å². The van der Waals surface area contributed by atoms with E-state index in [1.54, 1.807) is 7.11 Å². The lowest BCUT2D eigenvalue weighted by molar-refractivity contribution is 0.0501. The molecule has 1 fully saturated rings. The summed E-state index contributed by atoms with van der Waals surface area (Å²) in [7, 11) is 1.63. The van der Waals surface area contributed by atoms with Crippen molar-refractivity contribution in [1.29, 1.82) is 0 Å². The second-order valence-corrected chi connectivity index (χ2v) is 7.24. The Bertz CT molecular complexity index is 561. The number of hydrogen-bond acceptors (Lipinski definition) is 4. The van der Waals surface area contributed by atoms with E-state index in [1.165, 1.54) is 12.8 Å². The minimum absolute atomic E-state index is 0.195. The maximum atomic E-state index is 12.1. The Morgan fingerprint density at radius 2 is 2.04 bits per heavy atom. The Morgan fingerprint density at radius 3 is 2.58 bits per heavy atom. The molecule has 5 nitrogen and oxygen atoms in total. The molecule has 1 N–H and O–H groups in total. The lowest BCUT2D eigenvalue weighted by Gasteiger charge is -2.25. The van der Waals surface area contributed by atoms with Crippen molar-refractivity contribution in [3.05, 3.63) is 23.8 Å². The molecule has 1 amide bonds. The van der Waals surface area contributed by atoms with Gasteiger partial charge in [0.05, 0.1) is 19.8 Å². The predicted molar refractivity (Wildman–Crippen MR) is 93.6 cm³/mol. The molecule has 1 saturated carbocycles. The van der Waals surface area contributed by atoms with Crippen molar-refractivity contribution in [1.82, 2.24) is 5.32 Å². The van der Waals surface area contributed by atoms with Gasteiger partial charge in [-0.3, -0.25) is 0 Å². The second-order valence-electron chi connectivity index (χ2n) is 7.24. The van der Waals surface area contributed by atoms with Gasteiger partial charge in [0.2, 0.25) is 0 Å². The van der Waals surface area contributed by atoms with Gasteiger partial charge in [0.25, 0.3) is 0 Å². The molecule has 1 atom stereocenters. The molecule has 1 aromatic rings. The van der Waals surface area contributed by atoms with Crippen molar-refractivity contribution in [2.24, 2.45) is 5.92 Å². The summed E-state index contributed by atoms with van der Waals surface area (Å²) in [5.74, 6) is 2.08. The van der Waals surface area contributed by atoms with Gasteiger partial charge in [0, 0.05) is 5.56 Å². The molecule has 1 aromatic carbocycles. The molecule has 0 aliphatic heterocycles. The first kappa shape index (κ1) is 18.4. The van der Waals surface area contributed by atoms with Crippen LogP contribution in [0, 0.1) is 5.92 Å². The highest BCUT2D eigenvalue weighted by Gasteiger charge is 2.25. The van der Waals surface area contributed by atoms with E-state index in [-0.39, 0.29) is 6.04 Å². The average Bonchev–Trinajstić information content (AvgIpc) is 3.32. The van der Waals surface area contributed by atoms with Gasteiger partial charge in [0.1, 0.15) is 5.60 Å². The number of hydrogen-bond donors (Lipinski definition) is 1. The van der Waals surface area contributed by atoms with Crippen LogP contribution in [0.25, 0.3) is 0 Å². The molecule has 0 heterocycles. The number of amides is 1. The number of methoxy groups -OCH3 is 1. The third-order valence-electron chi connectivity index (χ3n) is 3.86. The van der Waals surface area contributed by atoms with E-state index in [0.717, 1.165) is 24.3 Å². The van der Waals surface area contributed by atoms with Crippen LogP contribution in [0.4, 0.5) is 4.79 Å². The Balaban J connectivity index is 2.13. The zero-order valence-corrected chi connectivity index (χ0v) is 15.3. The van der Waals surface area contributed by atoms with Gasteiger partial charge in [-0.1, -0.05) is 19.1 Å². The quantitative estimate of drug-likeness (QED) is 0.799. The van der Waals surface area contributed by atoms with Crippen LogP contribution in [0.5, 0.6) is 11.5 Å². The van der Waals surface area contributed by atoms with Crippen LogP contribution in [0.3, 0.4) is 0 Å². The Kier molecular flexibility index (Phi) is 5.97. The molecule has 0 aromatic heterocycles. The van der Waals surface area contributed by atoms with Crippen LogP contribution < -0.4 is 14.8 Å². The molecular weight excluding hydrogens is 306 g/mol. The first-order chi connectivity index (χ1) is 11.3. The zero-order chi connectivity index (χ0) is 17.7. The Labute approximate surface area is 144 Å². The average molecular weight is 335 g/mol. The number of benzene rings is 1. The highest BCUT2D eigenvalue weighted by atomic mass is 16.6. The Hall–Kier alpha value is -1.91. The Morgan fingerprint density at radius 1 is 1.33 bits per heavy atom. The van der Waals surface area contributed by atoms with E-state index in [2.05, 4.69) is 5.32 Å². The van der Waals surface area contributed by atoms with Crippen LogP contribution in [-0.2, 0) is 4.74 Å². The number of rotatable bonds is 7. The molecule has 0 bridgehead atoms. The lowest BCUT2D eigenvalue weighted by atomic mass is 10.0. The van der Waals surface area contributed by atoms with Gasteiger partial charge in [-0.25, -0.2) is 4.79 Å². The highest BCUT2D eigenvalue weighted by Crippen LogP contribution is 2.37. The molecule has 0 radical (unpaired) electrons. The lowest BCUT2D eigenvalue weighted by Crippen LogP contribution is -2.35. The van der Waals surface area contributed by atoms with Crippen LogP contribution in [0.15, 0.2) is 18.2 Å². The molecule has 134 valence electrons. The number of alkyl carbamates (subject to hydrolysis) is 1. The summed E-state index contributed by atoms with van der Waals surface area (Å²) < 4.78 is 16.8. The zero-order valence-electron chi connectivity index (χ0n) is 15.3. The van der Waals surface area contributed by atoms with Gasteiger partial charge in [-0.2, -0.15) is 0 Å². The van der Waals surface area contributed by atoms with E-state index >= 15 is 0 Å². The fourth-order valence-electron chi connectivity index (χ4n) is 2.48. The van der Waals surface area contributed by atoms with Gasteiger partial charge in [-0.15, -0.1) is 0 Å². The number of ether oxygens (including phenoxy) is 3. The van der Waals surface area contributed by atoms with Crippen molar-refractivity contribution in [2.45, 2.75) is 58.6 Å². The van der Waals surface area contributed by atoms with Crippen LogP contribution >= 0.6 is 0 Å². The largest absolute Gasteiger partial charge is 0.492 e. The standard InChI is InChI=1S/C19H29NO4/c1-6-15(20-18(21)24-19(2,3)4)14-8-7-9-16(17(14)22-5)23-12-13-10-11-13/h7-9,13,15H,6,10-12H2,1-5H3,(H,20,21)/t15-/m0/s1. The highest BCUT2D eigenvalue weighted by molar-refractivity contribution is 5.69. The van der Waals surface area contributed by atoms with Crippen LogP contribution in [0.2, 0.25) is 0 Å². The maximum absolute atomic E-state index is 12.1. The molecular formula is C19H29NO4. The number of carbonyl (C=O) groups is 1. The number of carbonyl (C=O) groups excluding carboxylic acids is 1. The van der Waals surface area contributed by atoms with Crippen LogP contribution in [0.1, 0.15) is 58.6 Å². The molecule has 24 heavy (non-hydrogen) atoms. The summed E-state index contributed by atoms with van der Waals surface area (Å²) in [4.78, 5) is 12.1. The number of para-hydroxylation sites is 1. The normalized spacial score (nSPS) is 15.5. The second kappa shape index (κ2) is 7.77. The van der Waals surface area contributed by atoms with E-state index < -0.39 is 11.7 Å². The first-order valence-corrected chi connectivity index (χ1v) is 8.63. The summed E-state index contributed by atoms with van der Waals surface area (Å²) >= 11 is 0. The minimum atomic E-state index is -0.526. The first-order valence-electron chi connectivity index (χ1n) is 8.63. The third-order valence-corrected chi connectivity index (χ3v) is 3.86. The smallest absolute Gasteiger partial charge is 0.408 e. The van der Waals surface area contributed by atoms with E-state index in [9.17, 15) is 4.79 Å². The van der Waals surface area contributed by atoms with Gasteiger partial charge in [0.15, 0.2) is 11.5 Å². The van der Waals surface area contributed by atoms with Crippen molar-refractivity contribution < 1.29 is 19.0 Å². The van der Waals surface area contributed by atoms with Crippen molar-refractivity contribution >= 4 is 6.09 Å². The fourth-order valence-corrected chi connectivity index (χ4v) is 2.48. The third kappa shape index (κ3) is 5.32. The van der Waals surface area contributed by atoms with Crippen molar-refractivity contribution in [3.63, 3.8) is 0 Å². The topological polar surface area (TPSA) is 56.8 Å². The minimum Gasteiger partial charge on any atom is -0.492 e. The molecule has 1 aliphatic carbocycles. The molecule has 0 spiro atoms. The van der Waals surface area contributed by atoms with Crippen molar-refractivity contribution in [3.8, 4) is 11.5 Å². The molecule has 0 unspecified atom stereocenters. The summed E-state index contributed by atoms with van der Waals surface area (Å²) in [6.07, 6.45) is 2.77. The van der Waals surface area contributed by atoms with Crippen LogP contribution in [-0.4, -0.2) is 25.4 Å². The maximum Gasteiger partial charge on any atom is 0.408 e. The molecule has 1 aliphatic rings.